The molecule has 0 atom stereocenters. The maximum absolute atomic E-state index is 6.76. The van der Waals surface area contributed by atoms with Crippen LogP contribution in [0.5, 0.6) is 11.5 Å². The number of rotatable bonds is 2. The van der Waals surface area contributed by atoms with Crippen molar-refractivity contribution in [1.82, 2.24) is 9.97 Å². The Balaban J connectivity index is 1.22. The van der Waals surface area contributed by atoms with Gasteiger partial charge in [-0.1, -0.05) is 60.7 Å². The van der Waals surface area contributed by atoms with E-state index in [1.807, 2.05) is 0 Å². The Morgan fingerprint density at radius 2 is 0.935 bits per heavy atom. The van der Waals surface area contributed by atoms with Crippen LogP contribution in [0.15, 0.2) is 109 Å². The van der Waals surface area contributed by atoms with Gasteiger partial charge in [0.2, 0.25) is 0 Å². The lowest BCUT2D eigenvalue weighted by Crippen LogP contribution is -2.03. The van der Waals surface area contributed by atoms with E-state index in [1.54, 1.807) is 0 Å². The summed E-state index contributed by atoms with van der Waals surface area (Å²) in [5.41, 5.74) is 15.5. The molecule has 4 nitrogen and oxygen atoms in total. The van der Waals surface area contributed by atoms with E-state index in [4.69, 9.17) is 14.7 Å². The van der Waals surface area contributed by atoms with Crippen molar-refractivity contribution in [1.29, 1.82) is 0 Å². The van der Waals surface area contributed by atoms with Crippen LogP contribution in [0, 0.1) is 27.7 Å². The molecule has 0 aliphatic carbocycles. The number of aryl methyl sites for hydroxylation is 4. The molecule has 4 heteroatoms. The predicted molar refractivity (Wildman–Crippen MR) is 192 cm³/mol. The van der Waals surface area contributed by atoms with E-state index in [1.165, 1.54) is 44.2 Å². The average Bonchev–Trinajstić information content (AvgIpc) is 3.08. The molecule has 0 amide bonds. The standard InChI is InChI=1S/C42H31N3O/c1-23-13-17-35-39(25(23)3)41(29-9-5-7-11-31(29)43-35)27-15-19-33-37(21-27)46-38-22-28(16-20-34(38)45-33)42-30-10-6-8-12-32(30)44-36-18-14-24(2)26(4)40(36)42/h5-22,45H,1-4H3. The topological polar surface area (TPSA) is 47.0 Å². The molecule has 2 aromatic heterocycles. The molecule has 220 valence electrons. The van der Waals surface area contributed by atoms with Crippen molar-refractivity contribution in [2.24, 2.45) is 0 Å². The van der Waals surface area contributed by atoms with Crippen LogP contribution in [0.3, 0.4) is 0 Å². The molecule has 0 bridgehead atoms. The van der Waals surface area contributed by atoms with Crippen molar-refractivity contribution in [2.45, 2.75) is 27.7 Å². The smallest absolute Gasteiger partial charge is 0.151 e. The van der Waals surface area contributed by atoms with Gasteiger partial charge in [-0.15, -0.1) is 0 Å². The minimum atomic E-state index is 0.804. The summed E-state index contributed by atoms with van der Waals surface area (Å²) in [6.45, 7) is 8.73. The minimum absolute atomic E-state index is 0.804. The molecule has 1 aliphatic rings. The Hall–Kier alpha value is -5.74. The highest BCUT2D eigenvalue weighted by atomic mass is 16.5. The van der Waals surface area contributed by atoms with Crippen LogP contribution >= 0.6 is 0 Å². The number of aromatic nitrogens is 2. The van der Waals surface area contributed by atoms with Crippen molar-refractivity contribution >= 4 is 55.0 Å². The lowest BCUT2D eigenvalue weighted by molar-refractivity contribution is 0.481. The number of nitrogens with one attached hydrogen (secondary N) is 1. The first-order valence-corrected chi connectivity index (χ1v) is 15.8. The fourth-order valence-electron chi connectivity index (χ4n) is 7.11. The lowest BCUT2D eigenvalue weighted by atomic mass is 9.91. The largest absolute Gasteiger partial charge is 0.453 e. The van der Waals surface area contributed by atoms with Gasteiger partial charge in [-0.25, -0.2) is 9.97 Å². The number of para-hydroxylation sites is 2. The second kappa shape index (κ2) is 9.88. The van der Waals surface area contributed by atoms with Crippen LogP contribution in [0.25, 0.3) is 65.9 Å². The highest BCUT2D eigenvalue weighted by Crippen LogP contribution is 2.48. The molecule has 8 aromatic rings. The zero-order valence-corrected chi connectivity index (χ0v) is 26.2. The summed E-state index contributed by atoms with van der Waals surface area (Å²) in [5.74, 6) is 1.61. The molecular formula is C42H31N3O. The number of hydrogen-bond donors (Lipinski definition) is 1. The van der Waals surface area contributed by atoms with Crippen LogP contribution in [0.4, 0.5) is 11.4 Å². The van der Waals surface area contributed by atoms with Crippen LogP contribution in [0.1, 0.15) is 22.3 Å². The maximum Gasteiger partial charge on any atom is 0.151 e. The number of pyridine rings is 2. The SMILES string of the molecule is Cc1ccc2nc3ccccc3c(-c3ccc4c(c3)Oc3cc(-c5c6ccccc6nc6ccc(C)c(C)c56)ccc3N4)c2c1C. The fourth-order valence-corrected chi connectivity index (χ4v) is 7.11. The van der Waals surface area contributed by atoms with Crippen molar-refractivity contribution in [2.75, 3.05) is 5.32 Å². The molecule has 6 aromatic carbocycles. The van der Waals surface area contributed by atoms with E-state index >= 15 is 0 Å². The Labute approximate surface area is 267 Å². The second-order valence-electron chi connectivity index (χ2n) is 12.5. The van der Waals surface area contributed by atoms with Gasteiger partial charge >= 0.3 is 0 Å². The first kappa shape index (κ1) is 26.6. The van der Waals surface area contributed by atoms with Crippen LogP contribution in [0.2, 0.25) is 0 Å². The van der Waals surface area contributed by atoms with Crippen molar-refractivity contribution in [3.63, 3.8) is 0 Å². The molecule has 9 rings (SSSR count). The highest BCUT2D eigenvalue weighted by molar-refractivity contribution is 6.12. The Morgan fingerprint density at radius 3 is 1.41 bits per heavy atom. The summed E-state index contributed by atoms with van der Waals surface area (Å²) in [5, 5.41) is 8.28. The van der Waals surface area contributed by atoms with E-state index in [-0.39, 0.29) is 0 Å². The third kappa shape index (κ3) is 3.93. The molecule has 0 fully saturated rings. The van der Waals surface area contributed by atoms with Gasteiger partial charge < -0.3 is 10.1 Å². The maximum atomic E-state index is 6.76. The number of ether oxygens (including phenoxy) is 1. The summed E-state index contributed by atoms with van der Waals surface area (Å²) in [6.07, 6.45) is 0. The van der Waals surface area contributed by atoms with Crippen LogP contribution in [-0.2, 0) is 0 Å². The fraction of sp³-hybridized carbons (Fsp3) is 0.0952. The zero-order chi connectivity index (χ0) is 31.1. The minimum Gasteiger partial charge on any atom is -0.453 e. The normalized spacial score (nSPS) is 12.3. The number of benzene rings is 6. The monoisotopic (exact) mass is 593 g/mol. The van der Waals surface area contributed by atoms with Gasteiger partial charge in [-0.3, -0.25) is 0 Å². The molecule has 1 aliphatic heterocycles. The first-order valence-electron chi connectivity index (χ1n) is 15.8. The highest BCUT2D eigenvalue weighted by Gasteiger charge is 2.22. The van der Waals surface area contributed by atoms with Gasteiger partial charge in [0.15, 0.2) is 11.5 Å². The van der Waals surface area contributed by atoms with Gasteiger partial charge in [0.25, 0.3) is 0 Å². The van der Waals surface area contributed by atoms with E-state index in [0.29, 0.717) is 0 Å². The van der Waals surface area contributed by atoms with Gasteiger partial charge in [-0.05, 0) is 110 Å². The molecule has 0 unspecified atom stereocenters. The van der Waals surface area contributed by atoms with Gasteiger partial charge in [0.05, 0.1) is 33.4 Å². The van der Waals surface area contributed by atoms with Gasteiger partial charge in [0.1, 0.15) is 0 Å². The van der Waals surface area contributed by atoms with Crippen molar-refractivity contribution in [3.05, 3.63) is 131 Å². The third-order valence-electron chi connectivity index (χ3n) is 9.79. The number of nitrogens with zero attached hydrogens (tertiary/aromatic N) is 2. The van der Waals surface area contributed by atoms with Gasteiger partial charge in [0, 0.05) is 32.7 Å². The van der Waals surface area contributed by atoms with Crippen molar-refractivity contribution < 1.29 is 4.74 Å². The van der Waals surface area contributed by atoms with E-state index in [2.05, 4.69) is 142 Å². The molecule has 3 heterocycles. The summed E-state index contributed by atoms with van der Waals surface area (Å²) >= 11 is 0. The number of anilines is 2. The Bertz CT molecular complexity index is 2410. The first-order chi connectivity index (χ1) is 22.4. The molecule has 0 saturated carbocycles. The predicted octanol–water partition coefficient (Wildman–Crippen LogP) is 11.5. The number of fused-ring (bicyclic) bond motifs is 6. The summed E-state index contributed by atoms with van der Waals surface area (Å²) in [6, 6.07) is 38.4. The van der Waals surface area contributed by atoms with E-state index in [9.17, 15) is 0 Å². The molecule has 0 spiro atoms. The molecule has 0 radical (unpaired) electrons. The lowest BCUT2D eigenvalue weighted by Gasteiger charge is -2.24. The molecule has 1 N–H and O–H groups in total. The second-order valence-corrected chi connectivity index (χ2v) is 12.5. The third-order valence-corrected chi connectivity index (χ3v) is 9.79. The average molecular weight is 594 g/mol. The quantitative estimate of drug-likeness (QED) is 0.203. The summed E-state index contributed by atoms with van der Waals surface area (Å²) < 4.78 is 6.76. The number of hydrogen-bond acceptors (Lipinski definition) is 4. The van der Waals surface area contributed by atoms with Crippen LogP contribution < -0.4 is 10.1 Å². The molecule has 46 heavy (non-hydrogen) atoms. The van der Waals surface area contributed by atoms with E-state index < -0.39 is 0 Å². The molecular weight excluding hydrogens is 562 g/mol. The van der Waals surface area contributed by atoms with Crippen molar-refractivity contribution in [3.8, 4) is 33.8 Å². The molecule has 0 saturated heterocycles. The van der Waals surface area contributed by atoms with Gasteiger partial charge in [-0.2, -0.15) is 0 Å². The summed E-state index contributed by atoms with van der Waals surface area (Å²) in [7, 11) is 0. The van der Waals surface area contributed by atoms with E-state index in [0.717, 1.165) is 66.8 Å². The Kier molecular flexibility index (Phi) is 5.72. The van der Waals surface area contributed by atoms with Crippen LogP contribution in [-0.4, -0.2) is 9.97 Å². The zero-order valence-electron chi connectivity index (χ0n) is 26.2. The Morgan fingerprint density at radius 1 is 0.478 bits per heavy atom. The summed E-state index contributed by atoms with van der Waals surface area (Å²) in [4.78, 5) is 10.1.